The molecule has 0 amide bonds. The summed E-state index contributed by atoms with van der Waals surface area (Å²) >= 11 is 3.51. The monoisotopic (exact) mass is 337 g/mol. The molecular formula is C15H20BrN3O. The average molecular weight is 338 g/mol. The predicted octanol–water partition coefficient (Wildman–Crippen LogP) is 4.02. The molecule has 1 aromatic carbocycles. The summed E-state index contributed by atoms with van der Waals surface area (Å²) < 4.78 is 8.49. The molecule has 0 unspecified atom stereocenters. The zero-order valence-electron chi connectivity index (χ0n) is 12.3. The van der Waals surface area contributed by atoms with Crippen LogP contribution in [0, 0.1) is 12.8 Å². The van der Waals surface area contributed by atoms with Crippen LogP contribution < -0.4 is 10.1 Å². The molecule has 5 heteroatoms. The lowest BCUT2D eigenvalue weighted by Gasteiger charge is -2.14. The van der Waals surface area contributed by atoms with Crippen molar-refractivity contribution in [1.29, 1.82) is 0 Å². The molecule has 0 radical (unpaired) electrons. The van der Waals surface area contributed by atoms with E-state index < -0.39 is 0 Å². The Balaban J connectivity index is 2.44. The van der Waals surface area contributed by atoms with Crippen LogP contribution in [0.2, 0.25) is 0 Å². The molecule has 0 aliphatic carbocycles. The third-order valence-corrected chi connectivity index (χ3v) is 3.39. The summed E-state index contributed by atoms with van der Waals surface area (Å²) in [7, 11) is 1.68. The molecule has 20 heavy (non-hydrogen) atoms. The van der Waals surface area contributed by atoms with Gasteiger partial charge >= 0.3 is 0 Å². The van der Waals surface area contributed by atoms with Gasteiger partial charge in [-0.2, -0.15) is 0 Å². The van der Waals surface area contributed by atoms with Crippen molar-refractivity contribution in [2.24, 2.45) is 5.92 Å². The highest BCUT2D eigenvalue weighted by molar-refractivity contribution is 9.10. The van der Waals surface area contributed by atoms with Gasteiger partial charge in [-0.15, -0.1) is 0 Å². The molecule has 0 aliphatic heterocycles. The third-order valence-electron chi connectivity index (χ3n) is 2.90. The molecular weight excluding hydrogens is 318 g/mol. The van der Waals surface area contributed by atoms with Crippen LogP contribution in [0.25, 0.3) is 5.69 Å². The first-order chi connectivity index (χ1) is 9.51. The van der Waals surface area contributed by atoms with Gasteiger partial charge < -0.3 is 10.1 Å². The molecule has 2 rings (SSSR count). The number of halogens is 1. The fourth-order valence-electron chi connectivity index (χ4n) is 1.95. The first-order valence-electron chi connectivity index (χ1n) is 6.65. The minimum Gasteiger partial charge on any atom is -0.495 e. The van der Waals surface area contributed by atoms with Crippen LogP contribution in [0.1, 0.15) is 19.5 Å². The standard InChI is InChI=1S/C15H20BrN3O/c1-10(2)8-17-15-18-11(3)9-19(15)13-7-12(16)5-6-14(13)20-4/h5-7,9-10H,8H2,1-4H3,(H,17,18). The minimum atomic E-state index is 0.560. The highest BCUT2D eigenvalue weighted by Gasteiger charge is 2.12. The van der Waals surface area contributed by atoms with E-state index >= 15 is 0 Å². The minimum absolute atomic E-state index is 0.560. The highest BCUT2D eigenvalue weighted by atomic mass is 79.9. The molecule has 0 bridgehead atoms. The number of benzene rings is 1. The average Bonchev–Trinajstić information content (AvgIpc) is 2.77. The Morgan fingerprint density at radius 3 is 2.80 bits per heavy atom. The molecule has 1 N–H and O–H groups in total. The fraction of sp³-hybridized carbons (Fsp3) is 0.400. The van der Waals surface area contributed by atoms with Crippen LogP contribution in [0.15, 0.2) is 28.9 Å². The fourth-order valence-corrected chi connectivity index (χ4v) is 2.30. The Morgan fingerprint density at radius 1 is 1.40 bits per heavy atom. The third kappa shape index (κ3) is 3.33. The number of hydrogen-bond donors (Lipinski definition) is 1. The second-order valence-electron chi connectivity index (χ2n) is 5.17. The Hall–Kier alpha value is -1.49. The Morgan fingerprint density at radius 2 is 2.15 bits per heavy atom. The van der Waals surface area contributed by atoms with Crippen LogP contribution >= 0.6 is 15.9 Å². The predicted molar refractivity (Wildman–Crippen MR) is 85.9 cm³/mol. The zero-order valence-corrected chi connectivity index (χ0v) is 13.9. The van der Waals surface area contributed by atoms with Crippen molar-refractivity contribution in [3.63, 3.8) is 0 Å². The molecule has 4 nitrogen and oxygen atoms in total. The van der Waals surface area contributed by atoms with Gasteiger partial charge in [-0.05, 0) is 31.0 Å². The van der Waals surface area contributed by atoms with Crippen molar-refractivity contribution in [2.45, 2.75) is 20.8 Å². The van der Waals surface area contributed by atoms with Crippen molar-refractivity contribution >= 4 is 21.9 Å². The van der Waals surface area contributed by atoms with Crippen molar-refractivity contribution in [1.82, 2.24) is 9.55 Å². The van der Waals surface area contributed by atoms with Gasteiger partial charge in [-0.25, -0.2) is 4.98 Å². The Labute approximate surface area is 128 Å². The first kappa shape index (κ1) is 14.9. The molecule has 0 atom stereocenters. The smallest absolute Gasteiger partial charge is 0.207 e. The number of rotatable bonds is 5. The quantitative estimate of drug-likeness (QED) is 0.895. The van der Waals surface area contributed by atoms with E-state index in [1.54, 1.807) is 7.11 Å². The van der Waals surface area contributed by atoms with Crippen molar-refractivity contribution < 1.29 is 4.74 Å². The van der Waals surface area contributed by atoms with Gasteiger partial charge in [0.05, 0.1) is 18.5 Å². The zero-order chi connectivity index (χ0) is 14.7. The summed E-state index contributed by atoms with van der Waals surface area (Å²) in [4.78, 5) is 4.55. The molecule has 108 valence electrons. The lowest BCUT2D eigenvalue weighted by molar-refractivity contribution is 0.413. The number of imidazole rings is 1. The SMILES string of the molecule is COc1ccc(Br)cc1-n1cc(C)nc1NCC(C)C. The number of nitrogens with one attached hydrogen (secondary N) is 1. The summed E-state index contributed by atoms with van der Waals surface area (Å²) in [5, 5.41) is 3.38. The number of nitrogens with zero attached hydrogens (tertiary/aromatic N) is 2. The van der Waals surface area contributed by atoms with Gasteiger partial charge in [0.25, 0.3) is 0 Å². The van der Waals surface area contributed by atoms with Crippen LogP contribution in [0.4, 0.5) is 5.95 Å². The summed E-state index contributed by atoms with van der Waals surface area (Å²) in [6.45, 7) is 7.22. The highest BCUT2D eigenvalue weighted by Crippen LogP contribution is 2.29. The van der Waals surface area contributed by atoms with E-state index in [0.29, 0.717) is 5.92 Å². The molecule has 1 heterocycles. The lowest BCUT2D eigenvalue weighted by Crippen LogP contribution is -2.12. The summed E-state index contributed by atoms with van der Waals surface area (Å²) in [5.74, 6) is 2.22. The van der Waals surface area contributed by atoms with Crippen LogP contribution in [0.3, 0.4) is 0 Å². The first-order valence-corrected chi connectivity index (χ1v) is 7.44. The van der Waals surface area contributed by atoms with E-state index in [0.717, 1.165) is 34.1 Å². The number of hydrogen-bond acceptors (Lipinski definition) is 3. The summed E-state index contributed by atoms with van der Waals surface area (Å²) in [5.41, 5.74) is 1.94. The molecule has 0 saturated carbocycles. The normalized spacial score (nSPS) is 10.9. The number of methoxy groups -OCH3 is 1. The molecule has 0 aliphatic rings. The topological polar surface area (TPSA) is 39.1 Å². The van der Waals surface area contributed by atoms with Gasteiger partial charge in [0.2, 0.25) is 5.95 Å². The Bertz CT molecular complexity index is 593. The molecule has 0 spiro atoms. The largest absolute Gasteiger partial charge is 0.495 e. The maximum Gasteiger partial charge on any atom is 0.207 e. The molecule has 0 saturated heterocycles. The van der Waals surface area contributed by atoms with E-state index in [1.165, 1.54) is 0 Å². The second kappa shape index (κ2) is 6.31. The summed E-state index contributed by atoms with van der Waals surface area (Å²) in [6.07, 6.45) is 2.01. The van der Waals surface area contributed by atoms with Crippen molar-refractivity contribution in [2.75, 3.05) is 19.0 Å². The van der Waals surface area contributed by atoms with Gasteiger partial charge in [0.1, 0.15) is 5.75 Å². The number of aromatic nitrogens is 2. The number of aryl methyl sites for hydroxylation is 1. The Kier molecular flexibility index (Phi) is 4.70. The number of anilines is 1. The second-order valence-corrected chi connectivity index (χ2v) is 6.08. The van der Waals surface area contributed by atoms with E-state index in [-0.39, 0.29) is 0 Å². The molecule has 0 fully saturated rings. The van der Waals surface area contributed by atoms with E-state index in [2.05, 4.69) is 40.1 Å². The van der Waals surface area contributed by atoms with Crippen molar-refractivity contribution in [3.05, 3.63) is 34.6 Å². The van der Waals surface area contributed by atoms with Gasteiger partial charge in [0, 0.05) is 17.2 Å². The molecule has 2 aromatic rings. The van der Waals surface area contributed by atoms with Gasteiger partial charge in [-0.3, -0.25) is 4.57 Å². The lowest BCUT2D eigenvalue weighted by atomic mass is 10.2. The van der Waals surface area contributed by atoms with Crippen LogP contribution in [-0.4, -0.2) is 23.2 Å². The van der Waals surface area contributed by atoms with Gasteiger partial charge in [0.15, 0.2) is 0 Å². The van der Waals surface area contributed by atoms with E-state index in [1.807, 2.05) is 35.9 Å². The van der Waals surface area contributed by atoms with Gasteiger partial charge in [-0.1, -0.05) is 29.8 Å². The van der Waals surface area contributed by atoms with E-state index in [4.69, 9.17) is 4.74 Å². The maximum atomic E-state index is 5.45. The molecule has 1 aromatic heterocycles. The summed E-state index contributed by atoms with van der Waals surface area (Å²) in [6, 6.07) is 5.94. The van der Waals surface area contributed by atoms with Crippen molar-refractivity contribution in [3.8, 4) is 11.4 Å². The maximum absolute atomic E-state index is 5.45. The van der Waals surface area contributed by atoms with Crippen LogP contribution in [-0.2, 0) is 0 Å². The van der Waals surface area contributed by atoms with Crippen LogP contribution in [0.5, 0.6) is 5.75 Å². The number of ether oxygens (including phenoxy) is 1. The van der Waals surface area contributed by atoms with E-state index in [9.17, 15) is 0 Å².